The molecular formula is C8H13N3S. The lowest BCUT2D eigenvalue weighted by molar-refractivity contribution is 0.640. The smallest absolute Gasteiger partial charge is 0.110 e. The lowest BCUT2D eigenvalue weighted by Gasteiger charge is -2.03. The van der Waals surface area contributed by atoms with Gasteiger partial charge in [-0.2, -0.15) is 0 Å². The van der Waals surface area contributed by atoms with Gasteiger partial charge in [0.15, 0.2) is 0 Å². The van der Waals surface area contributed by atoms with E-state index in [4.69, 9.17) is 5.73 Å². The molecule has 0 aromatic carbocycles. The topological polar surface area (TPSA) is 50.9 Å². The fourth-order valence-electron chi connectivity index (χ4n) is 1.47. The summed E-state index contributed by atoms with van der Waals surface area (Å²) in [6.07, 6.45) is 2.49. The van der Waals surface area contributed by atoms with Crippen LogP contribution in [0.3, 0.4) is 0 Å². The van der Waals surface area contributed by atoms with Gasteiger partial charge in [0.25, 0.3) is 0 Å². The number of nitrogens with one attached hydrogen (secondary N) is 1. The minimum absolute atomic E-state index is 0.496. The van der Waals surface area contributed by atoms with E-state index in [2.05, 4.69) is 15.7 Å². The van der Waals surface area contributed by atoms with Gasteiger partial charge in [0.2, 0.25) is 0 Å². The molecule has 0 spiro atoms. The molecule has 12 heavy (non-hydrogen) atoms. The van der Waals surface area contributed by atoms with E-state index in [9.17, 15) is 0 Å². The van der Waals surface area contributed by atoms with E-state index < -0.39 is 0 Å². The maximum atomic E-state index is 5.49. The zero-order valence-electron chi connectivity index (χ0n) is 6.92. The van der Waals surface area contributed by atoms with Crippen LogP contribution in [-0.4, -0.2) is 11.5 Å². The van der Waals surface area contributed by atoms with Gasteiger partial charge in [-0.15, -0.1) is 11.3 Å². The number of hydrogen-bond acceptors (Lipinski definition) is 4. The third-order valence-electron chi connectivity index (χ3n) is 2.14. The van der Waals surface area contributed by atoms with Crippen LogP contribution in [0.2, 0.25) is 0 Å². The Hall–Kier alpha value is -0.450. The van der Waals surface area contributed by atoms with Crippen LogP contribution in [0.15, 0.2) is 5.38 Å². The minimum Gasteiger partial charge on any atom is -0.325 e. The normalized spacial score (nSPS) is 23.2. The molecule has 0 bridgehead atoms. The van der Waals surface area contributed by atoms with Crippen molar-refractivity contribution in [3.8, 4) is 0 Å². The number of aromatic nitrogens is 1. The lowest BCUT2D eigenvalue weighted by atomic mass is 10.2. The van der Waals surface area contributed by atoms with E-state index in [0.717, 1.165) is 12.2 Å². The van der Waals surface area contributed by atoms with Crippen molar-refractivity contribution in [2.24, 2.45) is 5.73 Å². The maximum Gasteiger partial charge on any atom is 0.110 e. The Labute approximate surface area is 76.0 Å². The Balaban J connectivity index is 2.11. The Kier molecular flexibility index (Phi) is 2.39. The molecular weight excluding hydrogens is 170 g/mol. The molecule has 1 aromatic rings. The van der Waals surface area contributed by atoms with Crippen molar-refractivity contribution in [3.63, 3.8) is 0 Å². The summed E-state index contributed by atoms with van der Waals surface area (Å²) < 4.78 is 0. The van der Waals surface area contributed by atoms with Gasteiger partial charge < -0.3 is 11.1 Å². The van der Waals surface area contributed by atoms with Crippen molar-refractivity contribution < 1.29 is 0 Å². The summed E-state index contributed by atoms with van der Waals surface area (Å²) in [4.78, 5) is 4.44. The van der Waals surface area contributed by atoms with E-state index in [-0.39, 0.29) is 0 Å². The van der Waals surface area contributed by atoms with Gasteiger partial charge in [-0.3, -0.25) is 0 Å². The summed E-state index contributed by atoms with van der Waals surface area (Å²) >= 11 is 1.72. The first-order valence-electron chi connectivity index (χ1n) is 4.28. The molecule has 2 heterocycles. The van der Waals surface area contributed by atoms with Crippen molar-refractivity contribution in [2.75, 3.05) is 6.54 Å². The van der Waals surface area contributed by atoms with E-state index in [1.807, 2.05) is 0 Å². The highest BCUT2D eigenvalue weighted by Crippen LogP contribution is 2.25. The second-order valence-corrected chi connectivity index (χ2v) is 3.92. The second-order valence-electron chi connectivity index (χ2n) is 3.03. The fourth-order valence-corrected chi connectivity index (χ4v) is 2.41. The molecule has 2 rings (SSSR count). The lowest BCUT2D eigenvalue weighted by Crippen LogP contribution is -2.12. The molecule has 0 aliphatic carbocycles. The van der Waals surface area contributed by atoms with Crippen molar-refractivity contribution >= 4 is 11.3 Å². The Morgan fingerprint density at radius 1 is 1.75 bits per heavy atom. The molecule has 1 aliphatic heterocycles. The molecule has 0 saturated carbocycles. The van der Waals surface area contributed by atoms with Gasteiger partial charge in [-0.25, -0.2) is 4.98 Å². The molecule has 3 nitrogen and oxygen atoms in total. The van der Waals surface area contributed by atoms with Gasteiger partial charge in [-0.05, 0) is 19.4 Å². The summed E-state index contributed by atoms with van der Waals surface area (Å²) in [5, 5.41) is 6.67. The van der Waals surface area contributed by atoms with Crippen molar-refractivity contribution in [1.82, 2.24) is 10.3 Å². The molecule has 1 saturated heterocycles. The van der Waals surface area contributed by atoms with E-state index in [1.54, 1.807) is 11.3 Å². The minimum atomic E-state index is 0.496. The van der Waals surface area contributed by atoms with Crippen LogP contribution in [0.4, 0.5) is 0 Å². The Morgan fingerprint density at radius 2 is 2.67 bits per heavy atom. The van der Waals surface area contributed by atoms with Crippen LogP contribution >= 0.6 is 11.3 Å². The van der Waals surface area contributed by atoms with Crippen molar-refractivity contribution in [2.45, 2.75) is 25.4 Å². The van der Waals surface area contributed by atoms with Gasteiger partial charge in [0.1, 0.15) is 5.01 Å². The molecule has 1 atom stereocenters. The van der Waals surface area contributed by atoms with Crippen LogP contribution in [0.25, 0.3) is 0 Å². The molecule has 66 valence electrons. The molecule has 1 aromatic heterocycles. The molecule has 3 N–H and O–H groups in total. The monoisotopic (exact) mass is 183 g/mol. The predicted molar refractivity (Wildman–Crippen MR) is 50.0 cm³/mol. The molecule has 1 unspecified atom stereocenters. The average molecular weight is 183 g/mol. The number of nitrogens with zero attached hydrogens (tertiary/aromatic N) is 1. The standard InChI is InChI=1S/C8H13N3S/c9-4-6-5-12-8(11-6)7-2-1-3-10-7/h5,7,10H,1-4,9H2. The average Bonchev–Trinajstić information content (AvgIpc) is 2.75. The zero-order valence-corrected chi connectivity index (χ0v) is 7.73. The predicted octanol–water partition coefficient (Wildman–Crippen LogP) is 1.03. The third kappa shape index (κ3) is 1.50. The van der Waals surface area contributed by atoms with Gasteiger partial charge in [0, 0.05) is 11.9 Å². The fraction of sp³-hybridized carbons (Fsp3) is 0.625. The van der Waals surface area contributed by atoms with Crippen LogP contribution in [0.5, 0.6) is 0 Å². The maximum absolute atomic E-state index is 5.49. The summed E-state index contributed by atoms with van der Waals surface area (Å²) in [6.45, 7) is 1.69. The third-order valence-corrected chi connectivity index (χ3v) is 3.14. The first-order chi connectivity index (χ1) is 5.90. The highest BCUT2D eigenvalue weighted by Gasteiger charge is 2.18. The number of rotatable bonds is 2. The van der Waals surface area contributed by atoms with E-state index in [0.29, 0.717) is 12.6 Å². The Morgan fingerprint density at radius 3 is 3.25 bits per heavy atom. The Bertz CT molecular complexity index is 253. The highest BCUT2D eigenvalue weighted by atomic mass is 32.1. The van der Waals surface area contributed by atoms with Crippen molar-refractivity contribution in [3.05, 3.63) is 16.1 Å². The van der Waals surface area contributed by atoms with Crippen LogP contribution in [0.1, 0.15) is 29.6 Å². The van der Waals surface area contributed by atoms with Crippen LogP contribution in [-0.2, 0) is 6.54 Å². The second kappa shape index (κ2) is 3.51. The molecule has 0 amide bonds. The van der Waals surface area contributed by atoms with Crippen LogP contribution < -0.4 is 11.1 Å². The molecule has 0 radical (unpaired) electrons. The molecule has 1 fully saturated rings. The highest BCUT2D eigenvalue weighted by molar-refractivity contribution is 7.09. The van der Waals surface area contributed by atoms with E-state index in [1.165, 1.54) is 17.8 Å². The quantitative estimate of drug-likeness (QED) is 0.720. The molecule has 4 heteroatoms. The van der Waals surface area contributed by atoms with Gasteiger partial charge in [-0.1, -0.05) is 0 Å². The number of nitrogens with two attached hydrogens (primary N) is 1. The van der Waals surface area contributed by atoms with E-state index >= 15 is 0 Å². The SMILES string of the molecule is NCc1csc(C2CCCN2)n1. The number of hydrogen-bond donors (Lipinski definition) is 2. The summed E-state index contributed by atoms with van der Waals surface area (Å²) in [7, 11) is 0. The van der Waals surface area contributed by atoms with Crippen molar-refractivity contribution in [1.29, 1.82) is 0 Å². The zero-order chi connectivity index (χ0) is 8.39. The first-order valence-corrected chi connectivity index (χ1v) is 5.16. The number of thiazole rings is 1. The van der Waals surface area contributed by atoms with Crippen LogP contribution in [0, 0.1) is 0 Å². The summed E-state index contributed by atoms with van der Waals surface area (Å²) in [5.74, 6) is 0. The largest absolute Gasteiger partial charge is 0.325 e. The summed E-state index contributed by atoms with van der Waals surface area (Å²) in [5.41, 5.74) is 6.50. The first kappa shape index (κ1) is 8.16. The summed E-state index contributed by atoms with van der Waals surface area (Å²) in [6, 6.07) is 0.496. The van der Waals surface area contributed by atoms with Gasteiger partial charge >= 0.3 is 0 Å². The van der Waals surface area contributed by atoms with Gasteiger partial charge in [0.05, 0.1) is 11.7 Å². The molecule has 1 aliphatic rings.